The molecule has 0 saturated heterocycles. The van der Waals surface area contributed by atoms with Gasteiger partial charge < -0.3 is 15.8 Å². The van der Waals surface area contributed by atoms with E-state index >= 15 is 0 Å². The third kappa shape index (κ3) is 4.77. The van der Waals surface area contributed by atoms with Crippen LogP contribution in [0.5, 0.6) is 5.75 Å². The first-order valence-electron chi connectivity index (χ1n) is 7.22. The van der Waals surface area contributed by atoms with Crippen molar-refractivity contribution in [1.29, 1.82) is 0 Å². The number of anilines is 3. The van der Waals surface area contributed by atoms with Crippen molar-refractivity contribution in [2.75, 3.05) is 17.7 Å². The van der Waals surface area contributed by atoms with Crippen LogP contribution in [0.4, 0.5) is 30.4 Å². The Morgan fingerprint density at radius 1 is 1.22 bits per heavy atom. The highest BCUT2D eigenvalue weighted by molar-refractivity contribution is 5.70. The zero-order chi connectivity index (χ0) is 16.9. The van der Waals surface area contributed by atoms with Crippen molar-refractivity contribution in [3.63, 3.8) is 0 Å². The van der Waals surface area contributed by atoms with Crippen LogP contribution in [0.15, 0.2) is 36.5 Å². The van der Waals surface area contributed by atoms with Crippen molar-refractivity contribution in [3.05, 3.63) is 42.1 Å². The number of ether oxygens (including phenoxy) is 1. The van der Waals surface area contributed by atoms with E-state index in [9.17, 15) is 13.2 Å². The first kappa shape index (κ1) is 16.9. The van der Waals surface area contributed by atoms with Gasteiger partial charge in [-0.1, -0.05) is 13.3 Å². The third-order valence-electron chi connectivity index (χ3n) is 3.15. The molecule has 1 aromatic carbocycles. The van der Waals surface area contributed by atoms with Gasteiger partial charge in [0.25, 0.3) is 0 Å². The quantitative estimate of drug-likeness (QED) is 0.762. The summed E-state index contributed by atoms with van der Waals surface area (Å²) in [5.74, 6) is 0.709. The van der Waals surface area contributed by atoms with Gasteiger partial charge in [0.15, 0.2) is 0 Å². The summed E-state index contributed by atoms with van der Waals surface area (Å²) in [4.78, 5) is 3.58. The van der Waals surface area contributed by atoms with Crippen LogP contribution >= 0.6 is 0 Å². The molecule has 23 heavy (non-hydrogen) atoms. The van der Waals surface area contributed by atoms with Crippen molar-refractivity contribution < 1.29 is 17.9 Å². The van der Waals surface area contributed by atoms with E-state index in [0.29, 0.717) is 24.2 Å². The Bertz CT molecular complexity index is 642. The molecule has 0 amide bonds. The van der Waals surface area contributed by atoms with Gasteiger partial charge in [-0.2, -0.15) is 13.2 Å². The Hall–Kier alpha value is -2.44. The summed E-state index contributed by atoms with van der Waals surface area (Å²) >= 11 is 0. The number of nitrogens with two attached hydrogens (primary N) is 1. The lowest BCUT2D eigenvalue weighted by Gasteiger charge is -2.13. The van der Waals surface area contributed by atoms with E-state index in [0.717, 1.165) is 18.9 Å². The van der Waals surface area contributed by atoms with Crippen LogP contribution in [0.2, 0.25) is 0 Å². The molecule has 0 fully saturated rings. The second-order valence-electron chi connectivity index (χ2n) is 5.01. The number of unbranched alkanes of at least 4 members (excludes halogenated alkanes) is 1. The Morgan fingerprint density at radius 3 is 2.52 bits per heavy atom. The van der Waals surface area contributed by atoms with Crippen molar-refractivity contribution in [2.24, 2.45) is 0 Å². The zero-order valence-electron chi connectivity index (χ0n) is 12.7. The first-order chi connectivity index (χ1) is 10.9. The molecule has 1 aromatic heterocycles. The molecular formula is C16H18F3N3O. The van der Waals surface area contributed by atoms with Crippen LogP contribution in [0.3, 0.4) is 0 Å². The molecule has 1 heterocycles. The van der Waals surface area contributed by atoms with Gasteiger partial charge in [0, 0.05) is 11.9 Å². The van der Waals surface area contributed by atoms with Gasteiger partial charge in [0.1, 0.15) is 11.6 Å². The van der Waals surface area contributed by atoms with Gasteiger partial charge >= 0.3 is 6.18 Å². The molecule has 124 valence electrons. The first-order valence-corrected chi connectivity index (χ1v) is 7.22. The topological polar surface area (TPSA) is 60.2 Å². The maximum Gasteiger partial charge on any atom is 0.417 e. The lowest BCUT2D eigenvalue weighted by Crippen LogP contribution is -2.08. The number of pyridine rings is 1. The number of halogens is 3. The average Bonchev–Trinajstić information content (AvgIpc) is 2.50. The highest BCUT2D eigenvalue weighted by Gasteiger charge is 2.31. The molecule has 0 spiro atoms. The standard InChI is InChI=1S/C16H18F3N3O/c1-2-3-8-23-13-6-4-12(5-7-13)22-14-9-11(16(17,18)19)10-21-15(14)20/h4-7,9-10,22H,2-3,8H2,1H3,(H2,20,21). The molecule has 2 rings (SSSR count). The average molecular weight is 325 g/mol. The predicted octanol–water partition coefficient (Wildman–Crippen LogP) is 4.61. The smallest absolute Gasteiger partial charge is 0.417 e. The fourth-order valence-electron chi connectivity index (χ4n) is 1.85. The lowest BCUT2D eigenvalue weighted by atomic mass is 10.2. The second kappa shape index (κ2) is 7.21. The summed E-state index contributed by atoms with van der Waals surface area (Å²) in [5, 5.41) is 2.84. The zero-order valence-corrected chi connectivity index (χ0v) is 12.7. The molecule has 0 aliphatic heterocycles. The number of nitrogens with zero attached hydrogens (tertiary/aromatic N) is 1. The summed E-state index contributed by atoms with van der Waals surface area (Å²) in [6.07, 6.45) is -1.74. The Morgan fingerprint density at radius 2 is 1.91 bits per heavy atom. The Labute approximate surface area is 132 Å². The Kier molecular flexibility index (Phi) is 5.31. The minimum absolute atomic E-state index is 0.00118. The molecule has 7 heteroatoms. The molecule has 0 saturated carbocycles. The number of aromatic nitrogens is 1. The van der Waals surface area contributed by atoms with Crippen LogP contribution in [-0.4, -0.2) is 11.6 Å². The molecule has 4 nitrogen and oxygen atoms in total. The minimum atomic E-state index is -4.46. The number of rotatable bonds is 6. The van der Waals surface area contributed by atoms with Crippen LogP contribution < -0.4 is 15.8 Å². The van der Waals surface area contributed by atoms with Crippen molar-refractivity contribution in [1.82, 2.24) is 4.98 Å². The van der Waals surface area contributed by atoms with Gasteiger partial charge in [0.2, 0.25) is 0 Å². The summed E-state index contributed by atoms with van der Waals surface area (Å²) in [5.41, 5.74) is 5.48. The summed E-state index contributed by atoms with van der Waals surface area (Å²) in [6, 6.07) is 7.85. The van der Waals surface area contributed by atoms with E-state index in [1.165, 1.54) is 0 Å². The molecule has 0 aliphatic rings. The molecule has 0 radical (unpaired) electrons. The number of benzene rings is 1. The summed E-state index contributed by atoms with van der Waals surface area (Å²) < 4.78 is 43.7. The largest absolute Gasteiger partial charge is 0.494 e. The van der Waals surface area contributed by atoms with Gasteiger partial charge in [-0.15, -0.1) is 0 Å². The molecule has 3 N–H and O–H groups in total. The molecule has 2 aromatic rings. The SMILES string of the molecule is CCCCOc1ccc(Nc2cc(C(F)(F)F)cnc2N)cc1. The minimum Gasteiger partial charge on any atom is -0.494 e. The number of alkyl halides is 3. The predicted molar refractivity (Wildman–Crippen MR) is 83.8 cm³/mol. The maximum absolute atomic E-state index is 12.7. The van der Waals surface area contributed by atoms with E-state index in [4.69, 9.17) is 10.5 Å². The maximum atomic E-state index is 12.7. The normalized spacial score (nSPS) is 11.3. The van der Waals surface area contributed by atoms with Gasteiger partial charge in [0.05, 0.1) is 17.9 Å². The molecule has 0 atom stereocenters. The monoisotopic (exact) mass is 325 g/mol. The van der Waals surface area contributed by atoms with E-state index in [-0.39, 0.29) is 11.5 Å². The third-order valence-corrected chi connectivity index (χ3v) is 3.15. The van der Waals surface area contributed by atoms with Crippen LogP contribution in [0.1, 0.15) is 25.3 Å². The van der Waals surface area contributed by atoms with E-state index < -0.39 is 11.7 Å². The molecule has 0 aliphatic carbocycles. The fourth-order valence-corrected chi connectivity index (χ4v) is 1.85. The molecular weight excluding hydrogens is 307 g/mol. The highest BCUT2D eigenvalue weighted by Crippen LogP contribution is 2.33. The van der Waals surface area contributed by atoms with Crippen LogP contribution in [0, 0.1) is 0 Å². The van der Waals surface area contributed by atoms with Crippen LogP contribution in [0.25, 0.3) is 0 Å². The number of hydrogen-bond acceptors (Lipinski definition) is 4. The van der Waals surface area contributed by atoms with E-state index in [1.54, 1.807) is 24.3 Å². The van der Waals surface area contributed by atoms with Gasteiger partial charge in [-0.05, 0) is 36.8 Å². The lowest BCUT2D eigenvalue weighted by molar-refractivity contribution is -0.137. The van der Waals surface area contributed by atoms with Gasteiger partial charge in [-0.25, -0.2) is 4.98 Å². The highest BCUT2D eigenvalue weighted by atomic mass is 19.4. The van der Waals surface area contributed by atoms with Crippen molar-refractivity contribution in [3.8, 4) is 5.75 Å². The number of nitrogens with one attached hydrogen (secondary N) is 1. The van der Waals surface area contributed by atoms with E-state index in [2.05, 4.69) is 17.2 Å². The number of hydrogen-bond donors (Lipinski definition) is 2. The van der Waals surface area contributed by atoms with Crippen molar-refractivity contribution >= 4 is 17.2 Å². The molecule has 0 unspecified atom stereocenters. The Balaban J connectivity index is 2.10. The fraction of sp³-hybridized carbons (Fsp3) is 0.312. The second-order valence-corrected chi connectivity index (χ2v) is 5.01. The summed E-state index contributed by atoms with van der Waals surface area (Å²) in [7, 11) is 0. The van der Waals surface area contributed by atoms with Gasteiger partial charge in [-0.3, -0.25) is 0 Å². The van der Waals surface area contributed by atoms with Crippen LogP contribution in [-0.2, 0) is 6.18 Å². The van der Waals surface area contributed by atoms with E-state index in [1.807, 2.05) is 0 Å². The van der Waals surface area contributed by atoms with Crippen molar-refractivity contribution in [2.45, 2.75) is 25.9 Å². The summed E-state index contributed by atoms with van der Waals surface area (Å²) in [6.45, 7) is 2.71. The number of nitrogen functional groups attached to an aromatic ring is 1. The molecule has 0 bridgehead atoms.